The third-order valence-corrected chi connectivity index (χ3v) is 3.81. The summed E-state index contributed by atoms with van der Waals surface area (Å²) in [4.78, 5) is 23.6. The topological polar surface area (TPSA) is 73.9 Å². The van der Waals surface area contributed by atoms with Crippen molar-refractivity contribution in [2.24, 2.45) is 5.41 Å². The summed E-state index contributed by atoms with van der Waals surface area (Å²) in [7, 11) is 0. The molecule has 1 fully saturated rings. The Morgan fingerprint density at radius 1 is 1.29 bits per heavy atom. The summed E-state index contributed by atoms with van der Waals surface area (Å²) >= 11 is 0. The molecule has 4 atom stereocenters. The van der Waals surface area contributed by atoms with Crippen molar-refractivity contribution in [2.45, 2.75) is 58.7 Å². The lowest BCUT2D eigenvalue weighted by atomic mass is 9.75. The van der Waals surface area contributed by atoms with E-state index in [2.05, 4.69) is 5.32 Å². The number of amides is 1. The fourth-order valence-corrected chi connectivity index (χ4v) is 2.86. The third-order valence-electron chi connectivity index (χ3n) is 3.81. The quantitative estimate of drug-likeness (QED) is 0.625. The summed E-state index contributed by atoms with van der Waals surface area (Å²) in [5, 5.41) is 2.82. The van der Waals surface area contributed by atoms with Crippen LogP contribution in [0.25, 0.3) is 0 Å². The Morgan fingerprint density at radius 3 is 2.52 bits per heavy atom. The standard InChI is InChI=1S/C15H23NO5/c1-6-19-13(18)15(5)8-7-10(16-9(2)17)11-12(15)21-14(3,4)20-11/h7-8,10-12H,6H2,1-5H3,(H,16,17)/t10-,11+,12+,15-/m1/s1. The Kier molecular flexibility index (Phi) is 4.13. The Hall–Kier alpha value is -1.40. The lowest BCUT2D eigenvalue weighted by molar-refractivity contribution is -0.170. The van der Waals surface area contributed by atoms with Crippen molar-refractivity contribution >= 4 is 11.9 Å². The van der Waals surface area contributed by atoms with Gasteiger partial charge in [0.15, 0.2) is 5.79 Å². The average molecular weight is 297 g/mol. The molecule has 6 heteroatoms. The summed E-state index contributed by atoms with van der Waals surface area (Å²) in [5.41, 5.74) is -0.927. The minimum absolute atomic E-state index is 0.156. The van der Waals surface area contributed by atoms with E-state index in [-0.39, 0.29) is 17.9 Å². The van der Waals surface area contributed by atoms with Crippen LogP contribution in [0.1, 0.15) is 34.6 Å². The van der Waals surface area contributed by atoms with Crippen LogP contribution in [-0.2, 0) is 23.8 Å². The van der Waals surface area contributed by atoms with E-state index in [9.17, 15) is 9.59 Å². The molecule has 1 amide bonds. The fourth-order valence-electron chi connectivity index (χ4n) is 2.86. The molecule has 0 saturated carbocycles. The minimum Gasteiger partial charge on any atom is -0.465 e. The van der Waals surface area contributed by atoms with Gasteiger partial charge in [-0.2, -0.15) is 0 Å². The monoisotopic (exact) mass is 297 g/mol. The molecule has 0 radical (unpaired) electrons. The van der Waals surface area contributed by atoms with Crippen LogP contribution in [0.4, 0.5) is 0 Å². The van der Waals surface area contributed by atoms with Crippen LogP contribution in [0.5, 0.6) is 0 Å². The number of rotatable bonds is 3. The molecule has 0 aromatic carbocycles. The molecule has 118 valence electrons. The lowest BCUT2D eigenvalue weighted by Crippen LogP contribution is -2.56. The first kappa shape index (κ1) is 16.0. The summed E-state index contributed by atoms with van der Waals surface area (Å²) in [6.45, 7) is 8.88. The van der Waals surface area contributed by atoms with Crippen molar-refractivity contribution in [1.82, 2.24) is 5.32 Å². The molecule has 2 aliphatic rings. The van der Waals surface area contributed by atoms with E-state index >= 15 is 0 Å². The molecular formula is C15H23NO5. The van der Waals surface area contributed by atoms with E-state index in [0.717, 1.165) is 0 Å². The number of hydrogen-bond donors (Lipinski definition) is 1. The highest BCUT2D eigenvalue weighted by atomic mass is 16.8. The van der Waals surface area contributed by atoms with Gasteiger partial charge in [-0.1, -0.05) is 12.2 Å². The zero-order chi connectivity index (χ0) is 15.8. The Balaban J connectivity index is 2.33. The molecule has 0 bridgehead atoms. The van der Waals surface area contributed by atoms with Crippen molar-refractivity contribution in [3.8, 4) is 0 Å². The van der Waals surface area contributed by atoms with Gasteiger partial charge < -0.3 is 19.5 Å². The molecule has 1 saturated heterocycles. The van der Waals surface area contributed by atoms with E-state index in [1.165, 1.54) is 6.92 Å². The van der Waals surface area contributed by atoms with Crippen LogP contribution in [0.3, 0.4) is 0 Å². The van der Waals surface area contributed by atoms with Crippen LogP contribution < -0.4 is 5.32 Å². The van der Waals surface area contributed by atoms with Gasteiger partial charge >= 0.3 is 5.97 Å². The summed E-state index contributed by atoms with van der Waals surface area (Å²) in [6, 6.07) is -0.322. The van der Waals surface area contributed by atoms with Crippen molar-refractivity contribution in [3.63, 3.8) is 0 Å². The first-order valence-corrected chi connectivity index (χ1v) is 7.19. The van der Waals surface area contributed by atoms with Crippen molar-refractivity contribution in [1.29, 1.82) is 0 Å². The predicted molar refractivity (Wildman–Crippen MR) is 75.3 cm³/mol. The molecule has 6 nitrogen and oxygen atoms in total. The highest BCUT2D eigenvalue weighted by Crippen LogP contribution is 2.44. The Labute approximate surface area is 124 Å². The number of fused-ring (bicyclic) bond motifs is 1. The van der Waals surface area contributed by atoms with Gasteiger partial charge in [-0.05, 0) is 27.7 Å². The maximum atomic E-state index is 12.3. The molecular weight excluding hydrogens is 274 g/mol. The molecule has 2 rings (SSSR count). The van der Waals surface area contributed by atoms with Gasteiger partial charge in [-0.15, -0.1) is 0 Å². The predicted octanol–water partition coefficient (Wildman–Crippen LogP) is 1.15. The Morgan fingerprint density at radius 2 is 1.95 bits per heavy atom. The van der Waals surface area contributed by atoms with E-state index in [1.54, 1.807) is 39.8 Å². The normalized spacial score (nSPS) is 36.9. The van der Waals surface area contributed by atoms with Gasteiger partial charge in [-0.25, -0.2) is 0 Å². The lowest BCUT2D eigenvalue weighted by Gasteiger charge is -2.38. The number of nitrogens with one attached hydrogen (secondary N) is 1. The van der Waals surface area contributed by atoms with Gasteiger partial charge in [0.2, 0.25) is 5.91 Å². The molecule has 0 spiro atoms. The number of esters is 1. The molecule has 0 unspecified atom stereocenters. The zero-order valence-electron chi connectivity index (χ0n) is 13.1. The van der Waals surface area contributed by atoms with Crippen molar-refractivity contribution in [3.05, 3.63) is 12.2 Å². The van der Waals surface area contributed by atoms with E-state index in [1.807, 2.05) is 0 Å². The smallest absolute Gasteiger partial charge is 0.318 e. The molecule has 1 heterocycles. The van der Waals surface area contributed by atoms with E-state index < -0.39 is 23.4 Å². The van der Waals surface area contributed by atoms with Crippen LogP contribution in [0.15, 0.2) is 12.2 Å². The minimum atomic E-state index is -0.927. The third kappa shape index (κ3) is 2.96. The molecule has 0 aromatic rings. The summed E-state index contributed by atoms with van der Waals surface area (Å²) in [6.07, 6.45) is 2.60. The number of hydrogen-bond acceptors (Lipinski definition) is 5. The van der Waals surface area contributed by atoms with Crippen LogP contribution in [0, 0.1) is 5.41 Å². The molecule has 1 aliphatic carbocycles. The maximum absolute atomic E-state index is 12.3. The highest BCUT2D eigenvalue weighted by Gasteiger charge is 2.57. The van der Waals surface area contributed by atoms with Gasteiger partial charge in [0.25, 0.3) is 0 Å². The average Bonchev–Trinajstić information content (AvgIpc) is 2.70. The summed E-state index contributed by atoms with van der Waals surface area (Å²) < 4.78 is 17.0. The molecule has 1 N–H and O–H groups in total. The van der Waals surface area contributed by atoms with Gasteiger partial charge in [0, 0.05) is 6.92 Å². The van der Waals surface area contributed by atoms with E-state index in [4.69, 9.17) is 14.2 Å². The molecule has 1 aliphatic heterocycles. The van der Waals surface area contributed by atoms with Gasteiger partial charge in [0.1, 0.15) is 17.6 Å². The number of carbonyl (C=O) groups excluding carboxylic acids is 2. The second-order valence-corrected chi connectivity index (χ2v) is 6.11. The second kappa shape index (κ2) is 5.42. The van der Waals surface area contributed by atoms with Crippen molar-refractivity contribution < 1.29 is 23.8 Å². The highest BCUT2D eigenvalue weighted by molar-refractivity contribution is 5.80. The largest absolute Gasteiger partial charge is 0.465 e. The first-order chi connectivity index (χ1) is 9.69. The second-order valence-electron chi connectivity index (χ2n) is 6.11. The number of ether oxygens (including phenoxy) is 3. The maximum Gasteiger partial charge on any atom is 0.318 e. The summed E-state index contributed by atoms with van der Waals surface area (Å²) in [5.74, 6) is -1.32. The first-order valence-electron chi connectivity index (χ1n) is 7.19. The molecule has 21 heavy (non-hydrogen) atoms. The van der Waals surface area contributed by atoms with Crippen molar-refractivity contribution in [2.75, 3.05) is 6.61 Å². The van der Waals surface area contributed by atoms with Gasteiger partial charge in [0.05, 0.1) is 12.6 Å². The SMILES string of the molecule is CCOC(=O)[C@]1(C)C=C[C@@H](NC(C)=O)[C@@H]2OC(C)(C)O[C@@H]21. The van der Waals surface area contributed by atoms with E-state index in [0.29, 0.717) is 6.61 Å². The Bertz CT molecular complexity index is 473. The van der Waals surface area contributed by atoms with Crippen LogP contribution in [-0.4, -0.2) is 42.5 Å². The molecule has 0 aromatic heterocycles. The van der Waals surface area contributed by atoms with Crippen LogP contribution in [0.2, 0.25) is 0 Å². The zero-order valence-corrected chi connectivity index (χ0v) is 13.1. The fraction of sp³-hybridized carbons (Fsp3) is 0.733. The van der Waals surface area contributed by atoms with Gasteiger partial charge in [-0.3, -0.25) is 9.59 Å². The number of carbonyl (C=O) groups is 2. The van der Waals surface area contributed by atoms with Crippen LogP contribution >= 0.6 is 0 Å².